The SMILES string of the molecule is Cc1c(CCCc2cccc(C(F)(F)F)c2)c(N)cc2ccccc12. The average molecular weight is 343 g/mol. The number of halogens is 3. The maximum atomic E-state index is 12.8. The summed E-state index contributed by atoms with van der Waals surface area (Å²) in [5.74, 6) is 0. The van der Waals surface area contributed by atoms with Gasteiger partial charge in [0.15, 0.2) is 0 Å². The maximum Gasteiger partial charge on any atom is 0.416 e. The minimum absolute atomic E-state index is 0.591. The van der Waals surface area contributed by atoms with E-state index in [1.165, 1.54) is 17.5 Å². The molecule has 0 spiro atoms. The molecule has 1 nitrogen and oxygen atoms in total. The van der Waals surface area contributed by atoms with Crippen LogP contribution in [0.5, 0.6) is 0 Å². The number of nitrogens with two attached hydrogens (primary N) is 1. The molecule has 0 fully saturated rings. The van der Waals surface area contributed by atoms with Crippen molar-refractivity contribution in [3.05, 3.63) is 76.9 Å². The summed E-state index contributed by atoms with van der Waals surface area (Å²) in [7, 11) is 0. The van der Waals surface area contributed by atoms with Gasteiger partial charge >= 0.3 is 6.18 Å². The van der Waals surface area contributed by atoms with E-state index >= 15 is 0 Å². The summed E-state index contributed by atoms with van der Waals surface area (Å²) in [5, 5.41) is 2.28. The molecule has 0 aliphatic heterocycles. The summed E-state index contributed by atoms with van der Waals surface area (Å²) in [6.45, 7) is 2.05. The first-order chi connectivity index (χ1) is 11.9. The second-order valence-electron chi connectivity index (χ2n) is 6.34. The fraction of sp³-hybridized carbons (Fsp3) is 0.238. The molecular weight excluding hydrogens is 323 g/mol. The normalized spacial score (nSPS) is 11.8. The molecule has 0 saturated carbocycles. The highest BCUT2D eigenvalue weighted by Gasteiger charge is 2.30. The number of fused-ring (bicyclic) bond motifs is 1. The highest BCUT2D eigenvalue weighted by Crippen LogP contribution is 2.31. The van der Waals surface area contributed by atoms with E-state index in [-0.39, 0.29) is 0 Å². The Morgan fingerprint density at radius 1 is 0.920 bits per heavy atom. The quantitative estimate of drug-likeness (QED) is 0.584. The van der Waals surface area contributed by atoms with Crippen molar-refractivity contribution in [3.8, 4) is 0 Å². The Labute approximate surface area is 145 Å². The molecule has 3 aromatic rings. The molecule has 3 aromatic carbocycles. The lowest BCUT2D eigenvalue weighted by atomic mass is 9.94. The van der Waals surface area contributed by atoms with E-state index in [1.807, 2.05) is 24.3 Å². The minimum atomic E-state index is -4.30. The van der Waals surface area contributed by atoms with E-state index in [1.54, 1.807) is 6.07 Å². The van der Waals surface area contributed by atoms with E-state index in [9.17, 15) is 13.2 Å². The van der Waals surface area contributed by atoms with Crippen molar-refractivity contribution in [3.63, 3.8) is 0 Å². The van der Waals surface area contributed by atoms with Crippen molar-refractivity contribution in [2.24, 2.45) is 0 Å². The van der Waals surface area contributed by atoms with Gasteiger partial charge in [0.05, 0.1) is 5.56 Å². The topological polar surface area (TPSA) is 26.0 Å². The number of alkyl halides is 3. The number of hydrogen-bond acceptors (Lipinski definition) is 1. The summed E-state index contributed by atoms with van der Waals surface area (Å²) in [4.78, 5) is 0. The zero-order valence-electron chi connectivity index (χ0n) is 14.0. The maximum absolute atomic E-state index is 12.8. The largest absolute Gasteiger partial charge is 0.416 e. The van der Waals surface area contributed by atoms with Crippen LogP contribution in [0, 0.1) is 6.92 Å². The highest BCUT2D eigenvalue weighted by atomic mass is 19.4. The van der Waals surface area contributed by atoms with Crippen molar-refractivity contribution in [2.45, 2.75) is 32.4 Å². The van der Waals surface area contributed by atoms with Gasteiger partial charge in [-0.3, -0.25) is 0 Å². The molecule has 25 heavy (non-hydrogen) atoms. The summed E-state index contributed by atoms with van der Waals surface area (Å²) in [6.07, 6.45) is -2.20. The molecule has 0 aliphatic carbocycles. The van der Waals surface area contributed by atoms with Crippen LogP contribution in [-0.2, 0) is 19.0 Å². The van der Waals surface area contributed by atoms with E-state index in [0.29, 0.717) is 12.0 Å². The Kier molecular flexibility index (Phi) is 4.71. The number of rotatable bonds is 4. The lowest BCUT2D eigenvalue weighted by Gasteiger charge is -2.13. The molecule has 2 N–H and O–H groups in total. The Balaban J connectivity index is 1.76. The number of nitrogen functional groups attached to an aromatic ring is 1. The van der Waals surface area contributed by atoms with E-state index < -0.39 is 11.7 Å². The van der Waals surface area contributed by atoms with Crippen LogP contribution in [0.25, 0.3) is 10.8 Å². The van der Waals surface area contributed by atoms with Crippen molar-refractivity contribution < 1.29 is 13.2 Å². The van der Waals surface area contributed by atoms with Gasteiger partial charge in [0.1, 0.15) is 0 Å². The monoisotopic (exact) mass is 343 g/mol. The van der Waals surface area contributed by atoms with Crippen LogP contribution < -0.4 is 5.73 Å². The van der Waals surface area contributed by atoms with Crippen LogP contribution in [0.15, 0.2) is 54.6 Å². The minimum Gasteiger partial charge on any atom is -0.398 e. The van der Waals surface area contributed by atoms with Gasteiger partial charge in [-0.25, -0.2) is 0 Å². The predicted octanol–water partition coefficient (Wildman–Crippen LogP) is 5.92. The van der Waals surface area contributed by atoms with Gasteiger partial charge in [0.2, 0.25) is 0 Å². The lowest BCUT2D eigenvalue weighted by molar-refractivity contribution is -0.137. The number of benzene rings is 3. The van der Waals surface area contributed by atoms with Crippen LogP contribution >= 0.6 is 0 Å². The molecule has 0 amide bonds. The van der Waals surface area contributed by atoms with Gasteiger partial charge in [0.25, 0.3) is 0 Å². The van der Waals surface area contributed by atoms with Crippen molar-refractivity contribution >= 4 is 16.5 Å². The first-order valence-electron chi connectivity index (χ1n) is 8.29. The molecule has 0 saturated heterocycles. The van der Waals surface area contributed by atoms with Gasteiger partial charge in [-0.05, 0) is 65.8 Å². The third kappa shape index (κ3) is 3.78. The highest BCUT2D eigenvalue weighted by molar-refractivity contribution is 5.90. The summed E-state index contributed by atoms with van der Waals surface area (Å²) >= 11 is 0. The molecule has 0 bridgehead atoms. The Bertz CT molecular complexity index is 897. The standard InChI is InChI=1S/C21H20F3N/c1-14-18-10-3-2-8-16(18)13-20(25)19(14)11-5-7-15-6-4-9-17(12-15)21(22,23)24/h2-4,6,8-10,12-13H,5,7,11,25H2,1H3. The molecule has 0 unspecified atom stereocenters. The molecule has 0 aliphatic rings. The summed E-state index contributed by atoms with van der Waals surface area (Å²) < 4.78 is 38.4. The zero-order valence-corrected chi connectivity index (χ0v) is 14.0. The lowest BCUT2D eigenvalue weighted by Crippen LogP contribution is -2.05. The second kappa shape index (κ2) is 6.79. The van der Waals surface area contributed by atoms with E-state index in [2.05, 4.69) is 13.0 Å². The van der Waals surface area contributed by atoms with Gasteiger partial charge < -0.3 is 5.73 Å². The van der Waals surface area contributed by atoms with E-state index in [0.717, 1.165) is 41.1 Å². The fourth-order valence-electron chi connectivity index (χ4n) is 3.30. The fourth-order valence-corrected chi connectivity index (χ4v) is 3.30. The summed E-state index contributed by atoms with van der Waals surface area (Å²) in [5.41, 5.74) is 9.30. The van der Waals surface area contributed by atoms with Gasteiger partial charge in [-0.2, -0.15) is 13.2 Å². The molecule has 3 rings (SSSR count). The van der Waals surface area contributed by atoms with Crippen molar-refractivity contribution in [2.75, 3.05) is 5.73 Å². The Morgan fingerprint density at radius 2 is 1.68 bits per heavy atom. The smallest absolute Gasteiger partial charge is 0.398 e. The third-order valence-corrected chi connectivity index (χ3v) is 4.62. The van der Waals surface area contributed by atoms with Gasteiger partial charge in [0, 0.05) is 5.69 Å². The zero-order chi connectivity index (χ0) is 18.0. The Morgan fingerprint density at radius 3 is 2.44 bits per heavy atom. The first-order valence-corrected chi connectivity index (χ1v) is 8.29. The Hall–Kier alpha value is -2.49. The van der Waals surface area contributed by atoms with Gasteiger partial charge in [-0.1, -0.05) is 42.5 Å². The van der Waals surface area contributed by atoms with Gasteiger partial charge in [-0.15, -0.1) is 0 Å². The van der Waals surface area contributed by atoms with Crippen LogP contribution in [-0.4, -0.2) is 0 Å². The van der Waals surface area contributed by atoms with Crippen molar-refractivity contribution in [1.82, 2.24) is 0 Å². The van der Waals surface area contributed by atoms with Crippen LogP contribution in [0.2, 0.25) is 0 Å². The third-order valence-electron chi connectivity index (χ3n) is 4.62. The average Bonchev–Trinajstić information content (AvgIpc) is 2.57. The van der Waals surface area contributed by atoms with Crippen LogP contribution in [0.1, 0.15) is 28.7 Å². The number of anilines is 1. The molecule has 0 radical (unpaired) electrons. The molecular formula is C21H20F3N. The first kappa shape index (κ1) is 17.3. The molecule has 130 valence electrons. The molecule has 0 heterocycles. The molecule has 4 heteroatoms. The van der Waals surface area contributed by atoms with Crippen LogP contribution in [0.3, 0.4) is 0 Å². The molecule has 0 aromatic heterocycles. The van der Waals surface area contributed by atoms with Crippen molar-refractivity contribution in [1.29, 1.82) is 0 Å². The van der Waals surface area contributed by atoms with E-state index in [4.69, 9.17) is 5.73 Å². The van der Waals surface area contributed by atoms with Crippen LogP contribution in [0.4, 0.5) is 18.9 Å². The predicted molar refractivity (Wildman–Crippen MR) is 96.6 cm³/mol. The molecule has 0 atom stereocenters. The summed E-state index contributed by atoms with van der Waals surface area (Å²) in [6, 6.07) is 15.6. The number of hydrogen-bond donors (Lipinski definition) is 1. The second-order valence-corrected chi connectivity index (χ2v) is 6.34. The number of aryl methyl sites for hydroxylation is 2.